The van der Waals surface area contributed by atoms with E-state index in [1.54, 1.807) is 0 Å². The van der Waals surface area contributed by atoms with E-state index in [1.807, 2.05) is 0 Å². The molecule has 1 aliphatic carbocycles. The van der Waals surface area contributed by atoms with Crippen LogP contribution in [0, 0.1) is 17.3 Å². The lowest BCUT2D eigenvalue weighted by Crippen LogP contribution is -2.38. The van der Waals surface area contributed by atoms with Gasteiger partial charge < -0.3 is 10.1 Å². The van der Waals surface area contributed by atoms with E-state index in [9.17, 15) is 0 Å². The molecule has 1 aliphatic heterocycles. The molecule has 0 amide bonds. The average Bonchev–Trinajstić information content (AvgIpc) is 2.90. The maximum absolute atomic E-state index is 5.96. The van der Waals surface area contributed by atoms with Gasteiger partial charge in [-0.25, -0.2) is 0 Å². The Morgan fingerprint density at radius 3 is 2.82 bits per heavy atom. The molecule has 2 nitrogen and oxygen atoms in total. The van der Waals surface area contributed by atoms with Crippen molar-refractivity contribution < 1.29 is 4.74 Å². The Morgan fingerprint density at radius 2 is 2.18 bits per heavy atom. The van der Waals surface area contributed by atoms with Crippen LogP contribution in [0.4, 0.5) is 0 Å². The number of hydrogen-bond acceptors (Lipinski definition) is 2. The lowest BCUT2D eigenvalue weighted by atomic mass is 9.81. The normalized spacial score (nSPS) is 41.1. The third-order valence-electron chi connectivity index (χ3n) is 4.83. The van der Waals surface area contributed by atoms with E-state index in [1.165, 1.54) is 25.8 Å². The van der Waals surface area contributed by atoms with Crippen molar-refractivity contribution in [3.63, 3.8) is 0 Å². The van der Waals surface area contributed by atoms with E-state index in [0.717, 1.165) is 31.4 Å². The third kappa shape index (κ3) is 3.03. The molecule has 0 aromatic rings. The van der Waals surface area contributed by atoms with Crippen LogP contribution < -0.4 is 5.32 Å². The van der Waals surface area contributed by atoms with Crippen molar-refractivity contribution >= 4 is 0 Å². The third-order valence-corrected chi connectivity index (χ3v) is 4.83. The van der Waals surface area contributed by atoms with Crippen LogP contribution in [0.5, 0.6) is 0 Å². The molecule has 1 spiro atoms. The molecule has 2 rings (SSSR count). The van der Waals surface area contributed by atoms with Crippen molar-refractivity contribution in [1.29, 1.82) is 0 Å². The molecule has 0 radical (unpaired) electrons. The Labute approximate surface area is 107 Å². The van der Waals surface area contributed by atoms with Gasteiger partial charge in [0, 0.05) is 6.61 Å². The van der Waals surface area contributed by atoms with Crippen LogP contribution in [0.15, 0.2) is 0 Å². The Balaban J connectivity index is 1.79. The molecule has 1 saturated carbocycles. The summed E-state index contributed by atoms with van der Waals surface area (Å²) in [6.45, 7) is 12.5. The summed E-state index contributed by atoms with van der Waals surface area (Å²) in [6, 6.07) is 0. The minimum Gasteiger partial charge on any atom is -0.375 e. The lowest BCUT2D eigenvalue weighted by molar-refractivity contribution is -0.0963. The highest BCUT2D eigenvalue weighted by Crippen LogP contribution is 2.62. The topological polar surface area (TPSA) is 21.3 Å². The molecule has 100 valence electrons. The van der Waals surface area contributed by atoms with Crippen molar-refractivity contribution in [2.75, 3.05) is 19.7 Å². The highest BCUT2D eigenvalue weighted by Gasteiger charge is 2.57. The highest BCUT2D eigenvalue weighted by molar-refractivity contribution is 5.07. The van der Waals surface area contributed by atoms with Gasteiger partial charge in [0.05, 0.1) is 5.60 Å². The fraction of sp³-hybridized carbons (Fsp3) is 1.00. The quantitative estimate of drug-likeness (QED) is 0.795. The van der Waals surface area contributed by atoms with Crippen LogP contribution >= 0.6 is 0 Å². The number of ether oxygens (including phenoxy) is 1. The maximum atomic E-state index is 5.96. The summed E-state index contributed by atoms with van der Waals surface area (Å²) in [5.74, 6) is 1.68. The average molecular weight is 239 g/mol. The number of nitrogens with one attached hydrogen (secondary N) is 1. The zero-order valence-electron chi connectivity index (χ0n) is 12.0. The second-order valence-electron chi connectivity index (χ2n) is 6.89. The van der Waals surface area contributed by atoms with Crippen molar-refractivity contribution in [3.8, 4) is 0 Å². The molecule has 0 aromatic heterocycles. The molecule has 3 unspecified atom stereocenters. The first kappa shape index (κ1) is 13.4. The molecule has 0 aromatic carbocycles. The van der Waals surface area contributed by atoms with Crippen LogP contribution in [-0.2, 0) is 4.74 Å². The van der Waals surface area contributed by atoms with E-state index in [0.29, 0.717) is 5.41 Å². The van der Waals surface area contributed by atoms with Gasteiger partial charge in [0.15, 0.2) is 0 Å². The summed E-state index contributed by atoms with van der Waals surface area (Å²) >= 11 is 0. The molecule has 2 aliphatic rings. The first-order valence-corrected chi connectivity index (χ1v) is 7.34. The lowest BCUT2D eigenvalue weighted by Gasteiger charge is -2.39. The zero-order valence-corrected chi connectivity index (χ0v) is 12.0. The van der Waals surface area contributed by atoms with Crippen molar-refractivity contribution in [1.82, 2.24) is 5.32 Å². The molecule has 1 N–H and O–H groups in total. The molecular formula is C15H29NO. The zero-order chi connectivity index (χ0) is 12.5. The summed E-state index contributed by atoms with van der Waals surface area (Å²) in [7, 11) is 0. The van der Waals surface area contributed by atoms with Gasteiger partial charge >= 0.3 is 0 Å². The largest absolute Gasteiger partial charge is 0.375 e. The highest BCUT2D eigenvalue weighted by atomic mass is 16.5. The predicted molar refractivity (Wildman–Crippen MR) is 72.1 cm³/mol. The Bertz CT molecular complexity index is 266. The molecule has 2 heteroatoms. The Hall–Kier alpha value is -0.0800. The van der Waals surface area contributed by atoms with E-state index in [-0.39, 0.29) is 5.60 Å². The Morgan fingerprint density at radius 1 is 1.41 bits per heavy atom. The summed E-state index contributed by atoms with van der Waals surface area (Å²) in [4.78, 5) is 0. The number of hydrogen-bond donors (Lipinski definition) is 1. The van der Waals surface area contributed by atoms with Crippen molar-refractivity contribution in [2.45, 2.75) is 59.0 Å². The molecule has 2 fully saturated rings. The van der Waals surface area contributed by atoms with E-state index < -0.39 is 0 Å². The van der Waals surface area contributed by atoms with Crippen LogP contribution in [0.1, 0.15) is 53.4 Å². The summed E-state index contributed by atoms with van der Waals surface area (Å²) < 4.78 is 5.96. The summed E-state index contributed by atoms with van der Waals surface area (Å²) in [6.07, 6.45) is 5.15. The fourth-order valence-electron chi connectivity index (χ4n) is 3.40. The van der Waals surface area contributed by atoms with Gasteiger partial charge in [-0.3, -0.25) is 0 Å². The van der Waals surface area contributed by atoms with Gasteiger partial charge in [0.25, 0.3) is 0 Å². The predicted octanol–water partition coefficient (Wildman–Crippen LogP) is 3.22. The van der Waals surface area contributed by atoms with Gasteiger partial charge in [-0.2, -0.15) is 0 Å². The molecule has 17 heavy (non-hydrogen) atoms. The van der Waals surface area contributed by atoms with E-state index in [4.69, 9.17) is 4.74 Å². The minimum atomic E-state index is 0.158. The maximum Gasteiger partial charge on any atom is 0.0657 e. The molecule has 0 bridgehead atoms. The fourth-order valence-corrected chi connectivity index (χ4v) is 3.40. The van der Waals surface area contributed by atoms with E-state index in [2.05, 4.69) is 33.0 Å². The van der Waals surface area contributed by atoms with Crippen LogP contribution in [-0.4, -0.2) is 25.3 Å². The molecule has 1 saturated heterocycles. The SMILES string of the molecule is CCC1(C)CC2(CCO1)CC2CNCC(C)C. The molecular weight excluding hydrogens is 210 g/mol. The van der Waals surface area contributed by atoms with Crippen LogP contribution in [0.25, 0.3) is 0 Å². The first-order valence-electron chi connectivity index (χ1n) is 7.34. The van der Waals surface area contributed by atoms with Gasteiger partial charge in [-0.15, -0.1) is 0 Å². The van der Waals surface area contributed by atoms with Gasteiger partial charge in [0.1, 0.15) is 0 Å². The standard InChI is InChI=1S/C15H29NO/c1-5-14(4)11-15(6-7-17-14)8-13(15)10-16-9-12(2)3/h12-13,16H,5-11H2,1-4H3. The van der Waals surface area contributed by atoms with Crippen molar-refractivity contribution in [2.24, 2.45) is 17.3 Å². The molecule has 3 atom stereocenters. The summed E-state index contributed by atoms with van der Waals surface area (Å²) in [5.41, 5.74) is 0.790. The Kier molecular flexibility index (Phi) is 3.84. The minimum absolute atomic E-state index is 0.158. The van der Waals surface area contributed by atoms with Gasteiger partial charge in [-0.05, 0) is 62.9 Å². The molecule has 1 heterocycles. The van der Waals surface area contributed by atoms with Crippen molar-refractivity contribution in [3.05, 3.63) is 0 Å². The van der Waals surface area contributed by atoms with Crippen LogP contribution in [0.3, 0.4) is 0 Å². The monoisotopic (exact) mass is 239 g/mol. The second kappa shape index (κ2) is 4.89. The smallest absolute Gasteiger partial charge is 0.0657 e. The van der Waals surface area contributed by atoms with Gasteiger partial charge in [-0.1, -0.05) is 20.8 Å². The van der Waals surface area contributed by atoms with E-state index >= 15 is 0 Å². The first-order chi connectivity index (χ1) is 8.00. The second-order valence-corrected chi connectivity index (χ2v) is 6.89. The van der Waals surface area contributed by atoms with Gasteiger partial charge in [0.2, 0.25) is 0 Å². The summed E-state index contributed by atoms with van der Waals surface area (Å²) in [5, 5.41) is 3.62. The van der Waals surface area contributed by atoms with Crippen LogP contribution in [0.2, 0.25) is 0 Å². The number of rotatable bonds is 5.